The largest absolute Gasteiger partial charge is 0.394 e. The molecule has 0 aliphatic heterocycles. The van der Waals surface area contributed by atoms with E-state index in [9.17, 15) is 10.1 Å². The van der Waals surface area contributed by atoms with E-state index in [1.54, 1.807) is 19.1 Å². The van der Waals surface area contributed by atoms with Gasteiger partial charge >= 0.3 is 0 Å². The van der Waals surface area contributed by atoms with E-state index in [0.29, 0.717) is 12.1 Å². The third kappa shape index (κ3) is 3.77. The number of nitrogens with one attached hydrogen (secondary N) is 1. The van der Waals surface area contributed by atoms with E-state index in [0.717, 1.165) is 5.56 Å². The predicted molar refractivity (Wildman–Crippen MR) is 62.6 cm³/mol. The molecule has 6 nitrogen and oxygen atoms in total. The summed E-state index contributed by atoms with van der Waals surface area (Å²) in [5.41, 5.74) is 1.51. The molecule has 0 radical (unpaired) electrons. The van der Waals surface area contributed by atoms with Crippen LogP contribution in [0.2, 0.25) is 0 Å². The summed E-state index contributed by atoms with van der Waals surface area (Å²) in [6, 6.07) is 4.88. The topological polar surface area (TPSA) is 95.6 Å². The van der Waals surface area contributed by atoms with Gasteiger partial charge in [-0.05, 0) is 12.5 Å². The van der Waals surface area contributed by atoms with Gasteiger partial charge in [0.1, 0.15) is 0 Å². The van der Waals surface area contributed by atoms with Crippen LogP contribution in [0.3, 0.4) is 0 Å². The van der Waals surface area contributed by atoms with E-state index in [2.05, 4.69) is 5.32 Å². The van der Waals surface area contributed by atoms with Gasteiger partial charge in [-0.15, -0.1) is 0 Å². The molecule has 0 saturated carbocycles. The molecule has 94 valence electrons. The highest BCUT2D eigenvalue weighted by molar-refractivity contribution is 5.44. The molecule has 0 aliphatic carbocycles. The number of aliphatic hydroxyl groups excluding tert-OH is 2. The number of hydrogen-bond donors (Lipinski definition) is 3. The maximum atomic E-state index is 10.7. The maximum absolute atomic E-state index is 10.7. The highest BCUT2D eigenvalue weighted by atomic mass is 16.6. The van der Waals surface area contributed by atoms with Crippen molar-refractivity contribution in [2.45, 2.75) is 19.6 Å². The minimum Gasteiger partial charge on any atom is -0.394 e. The van der Waals surface area contributed by atoms with Gasteiger partial charge in [-0.25, -0.2) is 0 Å². The Balaban J connectivity index is 2.66. The molecule has 1 atom stereocenters. The normalized spacial score (nSPS) is 12.4. The molecule has 1 aromatic carbocycles. The Hall–Kier alpha value is -1.50. The lowest BCUT2D eigenvalue weighted by atomic mass is 10.1. The van der Waals surface area contributed by atoms with Crippen molar-refractivity contribution in [3.63, 3.8) is 0 Å². The summed E-state index contributed by atoms with van der Waals surface area (Å²) in [5, 5.41) is 31.4. The van der Waals surface area contributed by atoms with E-state index in [-0.39, 0.29) is 18.8 Å². The first kappa shape index (κ1) is 13.6. The fourth-order valence-corrected chi connectivity index (χ4v) is 1.50. The summed E-state index contributed by atoms with van der Waals surface area (Å²) in [6.45, 7) is 2.06. The van der Waals surface area contributed by atoms with E-state index < -0.39 is 11.0 Å². The monoisotopic (exact) mass is 240 g/mol. The van der Waals surface area contributed by atoms with E-state index >= 15 is 0 Å². The molecule has 3 N–H and O–H groups in total. The lowest BCUT2D eigenvalue weighted by Crippen LogP contribution is -2.29. The third-order valence-electron chi connectivity index (χ3n) is 2.52. The van der Waals surface area contributed by atoms with E-state index in [4.69, 9.17) is 10.2 Å². The molecule has 17 heavy (non-hydrogen) atoms. The minimum absolute atomic E-state index is 0.0898. The maximum Gasteiger partial charge on any atom is 0.272 e. The zero-order valence-electron chi connectivity index (χ0n) is 9.59. The summed E-state index contributed by atoms with van der Waals surface area (Å²) in [6.07, 6.45) is -0.811. The Labute approximate surface area is 99.0 Å². The van der Waals surface area contributed by atoms with Crippen LogP contribution in [0.1, 0.15) is 11.1 Å². The Kier molecular flexibility index (Phi) is 5.02. The van der Waals surface area contributed by atoms with Crippen LogP contribution in [0, 0.1) is 17.0 Å². The standard InChI is InChI=1S/C11H16N2O4/c1-8-9(5-12-6-10(15)7-14)3-2-4-11(8)13(16)17/h2-4,10,12,14-15H,5-7H2,1H3. The quantitative estimate of drug-likeness (QED) is 0.492. The van der Waals surface area contributed by atoms with Crippen LogP contribution in [0.4, 0.5) is 5.69 Å². The van der Waals surface area contributed by atoms with Gasteiger partial charge < -0.3 is 15.5 Å². The van der Waals surface area contributed by atoms with E-state index in [1.807, 2.05) is 0 Å². The van der Waals surface area contributed by atoms with Crippen LogP contribution in [0.25, 0.3) is 0 Å². The summed E-state index contributed by atoms with van der Waals surface area (Å²) >= 11 is 0. The average molecular weight is 240 g/mol. The van der Waals surface area contributed by atoms with Gasteiger partial charge in [-0.1, -0.05) is 12.1 Å². The molecule has 0 aliphatic rings. The van der Waals surface area contributed by atoms with Crippen LogP contribution in [0.15, 0.2) is 18.2 Å². The second-order valence-corrected chi connectivity index (χ2v) is 3.79. The third-order valence-corrected chi connectivity index (χ3v) is 2.52. The summed E-state index contributed by atoms with van der Waals surface area (Å²) in [5.74, 6) is 0. The predicted octanol–water partition coefficient (Wildman–Crippen LogP) is 0.346. The molecule has 1 rings (SSSR count). The van der Waals surface area contributed by atoms with Gasteiger partial charge in [0.05, 0.1) is 17.6 Å². The van der Waals surface area contributed by atoms with Crippen molar-refractivity contribution in [1.29, 1.82) is 0 Å². The van der Waals surface area contributed by atoms with Gasteiger partial charge in [0, 0.05) is 24.7 Å². The van der Waals surface area contributed by atoms with Gasteiger partial charge in [-0.3, -0.25) is 10.1 Å². The molecule has 6 heteroatoms. The highest BCUT2D eigenvalue weighted by Crippen LogP contribution is 2.20. The van der Waals surface area contributed by atoms with Crippen molar-refractivity contribution in [2.75, 3.05) is 13.2 Å². The number of benzene rings is 1. The van der Waals surface area contributed by atoms with Crippen molar-refractivity contribution in [3.05, 3.63) is 39.4 Å². The van der Waals surface area contributed by atoms with Gasteiger partial charge in [-0.2, -0.15) is 0 Å². The molecule has 0 saturated heterocycles. The number of aliphatic hydroxyl groups is 2. The molecule has 0 aromatic heterocycles. The Morgan fingerprint density at radius 3 is 2.82 bits per heavy atom. The van der Waals surface area contributed by atoms with Crippen LogP contribution in [-0.4, -0.2) is 34.4 Å². The first-order chi connectivity index (χ1) is 8.06. The van der Waals surface area contributed by atoms with Crippen molar-refractivity contribution < 1.29 is 15.1 Å². The van der Waals surface area contributed by atoms with Crippen LogP contribution < -0.4 is 5.32 Å². The Morgan fingerprint density at radius 2 is 2.24 bits per heavy atom. The fraction of sp³-hybridized carbons (Fsp3) is 0.455. The van der Waals surface area contributed by atoms with Crippen molar-refractivity contribution in [3.8, 4) is 0 Å². The molecule has 1 aromatic rings. The van der Waals surface area contributed by atoms with Crippen molar-refractivity contribution in [2.24, 2.45) is 0 Å². The molecule has 0 amide bonds. The first-order valence-corrected chi connectivity index (χ1v) is 5.28. The number of rotatable bonds is 6. The summed E-state index contributed by atoms with van der Waals surface area (Å²) in [7, 11) is 0. The van der Waals surface area contributed by atoms with Gasteiger partial charge in [0.15, 0.2) is 0 Å². The van der Waals surface area contributed by atoms with Crippen LogP contribution >= 0.6 is 0 Å². The fourth-order valence-electron chi connectivity index (χ4n) is 1.50. The second kappa shape index (κ2) is 6.29. The lowest BCUT2D eigenvalue weighted by molar-refractivity contribution is -0.385. The Bertz CT molecular complexity index is 395. The highest BCUT2D eigenvalue weighted by Gasteiger charge is 2.12. The number of nitro groups is 1. The number of nitrogens with zero attached hydrogens (tertiary/aromatic N) is 1. The average Bonchev–Trinajstić information content (AvgIpc) is 2.30. The summed E-state index contributed by atoms with van der Waals surface area (Å²) < 4.78 is 0. The Morgan fingerprint density at radius 1 is 1.53 bits per heavy atom. The zero-order chi connectivity index (χ0) is 12.8. The van der Waals surface area contributed by atoms with Gasteiger partial charge in [0.2, 0.25) is 0 Å². The van der Waals surface area contributed by atoms with Crippen molar-refractivity contribution >= 4 is 5.69 Å². The number of hydrogen-bond acceptors (Lipinski definition) is 5. The van der Waals surface area contributed by atoms with E-state index in [1.165, 1.54) is 6.07 Å². The molecule has 0 heterocycles. The molecule has 0 fully saturated rings. The molecular weight excluding hydrogens is 224 g/mol. The van der Waals surface area contributed by atoms with Crippen molar-refractivity contribution in [1.82, 2.24) is 5.32 Å². The molecule has 0 spiro atoms. The minimum atomic E-state index is -0.811. The van der Waals surface area contributed by atoms with Crippen LogP contribution in [-0.2, 0) is 6.54 Å². The first-order valence-electron chi connectivity index (χ1n) is 5.28. The SMILES string of the molecule is Cc1c(CNCC(O)CO)cccc1[N+](=O)[O-]. The molecule has 0 bridgehead atoms. The molecular formula is C11H16N2O4. The van der Waals surface area contributed by atoms with Gasteiger partial charge in [0.25, 0.3) is 5.69 Å². The van der Waals surface area contributed by atoms with Crippen LogP contribution in [0.5, 0.6) is 0 Å². The second-order valence-electron chi connectivity index (χ2n) is 3.79. The molecule has 1 unspecified atom stereocenters. The lowest BCUT2D eigenvalue weighted by Gasteiger charge is -2.10. The summed E-state index contributed by atoms with van der Waals surface area (Å²) in [4.78, 5) is 10.3. The smallest absolute Gasteiger partial charge is 0.272 e. The number of nitro benzene ring substituents is 1. The zero-order valence-corrected chi connectivity index (χ0v) is 9.59.